The van der Waals surface area contributed by atoms with E-state index in [1.165, 1.54) is 6.42 Å². The molecule has 5 nitrogen and oxygen atoms in total. The first-order valence-electron chi connectivity index (χ1n) is 9.11. The SMILES string of the molecule is O=C(C1CCC1)N1[C@@H]2CC[C@H]1Cc1nnc(-c3ccccc3)n1C2. The van der Waals surface area contributed by atoms with Crippen molar-refractivity contribution in [2.75, 3.05) is 0 Å². The fourth-order valence-electron chi connectivity index (χ4n) is 4.47. The highest BCUT2D eigenvalue weighted by molar-refractivity contribution is 5.80. The lowest BCUT2D eigenvalue weighted by molar-refractivity contribution is -0.141. The van der Waals surface area contributed by atoms with Crippen molar-refractivity contribution >= 4 is 5.91 Å². The van der Waals surface area contributed by atoms with Gasteiger partial charge in [-0.1, -0.05) is 36.8 Å². The van der Waals surface area contributed by atoms with Crippen LogP contribution in [0.2, 0.25) is 0 Å². The second-order valence-electron chi connectivity index (χ2n) is 7.38. The lowest BCUT2D eigenvalue weighted by Crippen LogP contribution is -2.46. The highest BCUT2D eigenvalue weighted by Crippen LogP contribution is 2.37. The van der Waals surface area contributed by atoms with Crippen molar-refractivity contribution in [2.24, 2.45) is 5.92 Å². The fraction of sp³-hybridized carbons (Fsp3) is 0.526. The van der Waals surface area contributed by atoms with Gasteiger partial charge in [0, 0.05) is 30.5 Å². The van der Waals surface area contributed by atoms with Crippen LogP contribution >= 0.6 is 0 Å². The minimum absolute atomic E-state index is 0.283. The summed E-state index contributed by atoms with van der Waals surface area (Å²) in [5.41, 5.74) is 1.10. The zero-order valence-electron chi connectivity index (χ0n) is 13.8. The number of rotatable bonds is 2. The fourth-order valence-corrected chi connectivity index (χ4v) is 4.47. The zero-order valence-corrected chi connectivity index (χ0v) is 13.8. The lowest BCUT2D eigenvalue weighted by atomic mass is 9.84. The molecule has 124 valence electrons. The van der Waals surface area contributed by atoms with Gasteiger partial charge in [0.1, 0.15) is 5.82 Å². The third kappa shape index (κ3) is 2.10. The number of hydrogen-bond acceptors (Lipinski definition) is 3. The molecule has 3 heterocycles. The molecule has 1 aliphatic carbocycles. The lowest BCUT2D eigenvalue weighted by Gasteiger charge is -2.35. The molecule has 24 heavy (non-hydrogen) atoms. The van der Waals surface area contributed by atoms with Crippen LogP contribution in [-0.2, 0) is 17.8 Å². The average molecular weight is 322 g/mol. The number of carbonyl (C=O) groups excluding carboxylic acids is 1. The van der Waals surface area contributed by atoms with Crippen LogP contribution in [0.3, 0.4) is 0 Å². The van der Waals surface area contributed by atoms with Gasteiger partial charge < -0.3 is 9.47 Å². The summed E-state index contributed by atoms with van der Waals surface area (Å²) in [5, 5.41) is 8.91. The Morgan fingerprint density at radius 1 is 1.00 bits per heavy atom. The van der Waals surface area contributed by atoms with Gasteiger partial charge in [0.05, 0.1) is 6.04 Å². The molecule has 1 saturated carbocycles. The number of amides is 1. The molecule has 0 spiro atoms. The summed E-state index contributed by atoms with van der Waals surface area (Å²) in [6, 6.07) is 10.9. The molecule has 2 fully saturated rings. The van der Waals surface area contributed by atoms with Crippen LogP contribution in [0.5, 0.6) is 0 Å². The van der Waals surface area contributed by atoms with Gasteiger partial charge in [-0.05, 0) is 25.7 Å². The summed E-state index contributed by atoms with van der Waals surface area (Å²) < 4.78 is 2.25. The van der Waals surface area contributed by atoms with Crippen LogP contribution in [0.1, 0.15) is 37.9 Å². The van der Waals surface area contributed by atoms with Crippen LogP contribution < -0.4 is 0 Å². The van der Waals surface area contributed by atoms with Crippen LogP contribution in [0, 0.1) is 5.92 Å². The van der Waals surface area contributed by atoms with E-state index in [-0.39, 0.29) is 5.92 Å². The van der Waals surface area contributed by atoms with E-state index in [9.17, 15) is 4.79 Å². The van der Waals surface area contributed by atoms with Crippen molar-refractivity contribution in [1.29, 1.82) is 0 Å². The molecular formula is C19H22N4O. The maximum absolute atomic E-state index is 12.9. The van der Waals surface area contributed by atoms with Crippen LogP contribution in [0.25, 0.3) is 11.4 Å². The normalized spacial score (nSPS) is 25.9. The highest BCUT2D eigenvalue weighted by Gasteiger charge is 2.43. The van der Waals surface area contributed by atoms with Gasteiger partial charge in [-0.2, -0.15) is 0 Å². The largest absolute Gasteiger partial charge is 0.334 e. The van der Waals surface area contributed by atoms with E-state index in [1.54, 1.807) is 0 Å². The molecule has 3 aliphatic rings. The smallest absolute Gasteiger partial charge is 0.226 e. The molecule has 0 N–H and O–H groups in total. The first kappa shape index (κ1) is 14.2. The standard InChI is InChI=1S/C19H22N4O/c24-19(14-7-4-8-14)23-15-9-10-16(23)12-22-17(11-15)20-21-18(22)13-5-2-1-3-6-13/h1-3,5-6,14-16H,4,7-12H2/t15-,16+/m0/s1. The van der Waals surface area contributed by atoms with Crippen molar-refractivity contribution in [3.63, 3.8) is 0 Å². The molecule has 1 amide bonds. The number of nitrogens with zero attached hydrogens (tertiary/aromatic N) is 4. The van der Waals surface area contributed by atoms with Gasteiger partial charge in [0.15, 0.2) is 5.82 Å². The summed E-state index contributed by atoms with van der Waals surface area (Å²) in [6.07, 6.45) is 6.43. The van der Waals surface area contributed by atoms with Gasteiger partial charge in [-0.25, -0.2) is 0 Å². The molecule has 2 bridgehead atoms. The van der Waals surface area contributed by atoms with Gasteiger partial charge in [0.25, 0.3) is 0 Å². The third-order valence-electron chi connectivity index (χ3n) is 6.00. The van der Waals surface area contributed by atoms with E-state index in [1.807, 2.05) is 18.2 Å². The van der Waals surface area contributed by atoms with Crippen molar-refractivity contribution < 1.29 is 4.79 Å². The molecule has 2 atom stereocenters. The van der Waals surface area contributed by atoms with E-state index in [4.69, 9.17) is 0 Å². The van der Waals surface area contributed by atoms with Crippen molar-refractivity contribution in [3.05, 3.63) is 36.2 Å². The molecule has 2 aromatic rings. The van der Waals surface area contributed by atoms with E-state index in [0.717, 1.165) is 55.9 Å². The van der Waals surface area contributed by atoms with E-state index in [0.29, 0.717) is 18.0 Å². The van der Waals surface area contributed by atoms with Gasteiger partial charge in [0.2, 0.25) is 5.91 Å². The topological polar surface area (TPSA) is 51.0 Å². The molecule has 0 radical (unpaired) electrons. The van der Waals surface area contributed by atoms with Crippen LogP contribution in [0.15, 0.2) is 30.3 Å². The Labute approximate surface area is 141 Å². The monoisotopic (exact) mass is 322 g/mol. The number of aromatic nitrogens is 3. The van der Waals surface area contributed by atoms with E-state index < -0.39 is 0 Å². The number of benzene rings is 1. The Hall–Kier alpha value is -2.17. The summed E-state index contributed by atoms with van der Waals surface area (Å²) in [7, 11) is 0. The van der Waals surface area contributed by atoms with Crippen LogP contribution in [-0.4, -0.2) is 37.7 Å². The minimum Gasteiger partial charge on any atom is -0.334 e. The number of hydrogen-bond donors (Lipinski definition) is 0. The van der Waals surface area contributed by atoms with Gasteiger partial charge in [-0.3, -0.25) is 4.79 Å². The molecule has 5 rings (SSSR count). The second-order valence-corrected chi connectivity index (χ2v) is 7.38. The Balaban J connectivity index is 1.49. The maximum Gasteiger partial charge on any atom is 0.226 e. The van der Waals surface area contributed by atoms with E-state index >= 15 is 0 Å². The zero-order chi connectivity index (χ0) is 16.1. The Morgan fingerprint density at radius 3 is 2.54 bits per heavy atom. The molecule has 2 aliphatic heterocycles. The predicted octanol–water partition coefficient (Wildman–Crippen LogP) is 2.66. The molecule has 1 aromatic carbocycles. The molecule has 1 saturated heterocycles. The van der Waals surface area contributed by atoms with Crippen molar-refractivity contribution in [2.45, 2.75) is 57.2 Å². The molecule has 1 aromatic heterocycles. The minimum atomic E-state index is 0.283. The van der Waals surface area contributed by atoms with Crippen molar-refractivity contribution in [1.82, 2.24) is 19.7 Å². The maximum atomic E-state index is 12.9. The van der Waals surface area contributed by atoms with Gasteiger partial charge >= 0.3 is 0 Å². The Kier molecular flexibility index (Phi) is 3.21. The predicted molar refractivity (Wildman–Crippen MR) is 90.2 cm³/mol. The molecule has 0 unspecified atom stereocenters. The summed E-state index contributed by atoms with van der Waals surface area (Å²) in [6.45, 7) is 0.835. The summed E-state index contributed by atoms with van der Waals surface area (Å²) in [5.74, 6) is 2.65. The average Bonchev–Trinajstić information content (AvgIpc) is 3.06. The Bertz CT molecular complexity index is 765. The Morgan fingerprint density at radius 2 is 1.79 bits per heavy atom. The highest BCUT2D eigenvalue weighted by atomic mass is 16.2. The third-order valence-corrected chi connectivity index (χ3v) is 6.00. The van der Waals surface area contributed by atoms with Gasteiger partial charge in [-0.15, -0.1) is 10.2 Å². The summed E-state index contributed by atoms with van der Waals surface area (Å²) in [4.78, 5) is 15.1. The molecular weight excluding hydrogens is 300 g/mol. The second kappa shape index (κ2) is 5.43. The number of carbonyl (C=O) groups is 1. The number of fused-ring (bicyclic) bond motifs is 3. The first-order chi connectivity index (χ1) is 11.8. The molecule has 5 heteroatoms. The van der Waals surface area contributed by atoms with Crippen LogP contribution in [0.4, 0.5) is 0 Å². The first-order valence-corrected chi connectivity index (χ1v) is 9.11. The van der Waals surface area contributed by atoms with Crippen molar-refractivity contribution in [3.8, 4) is 11.4 Å². The quantitative estimate of drug-likeness (QED) is 0.854. The summed E-state index contributed by atoms with van der Waals surface area (Å²) >= 11 is 0. The van der Waals surface area contributed by atoms with E-state index in [2.05, 4.69) is 31.8 Å².